The summed E-state index contributed by atoms with van der Waals surface area (Å²) in [6, 6.07) is 8.09. The van der Waals surface area contributed by atoms with Crippen LogP contribution in [0.25, 0.3) is 0 Å². The summed E-state index contributed by atoms with van der Waals surface area (Å²) in [6.07, 6.45) is -4.01. The van der Waals surface area contributed by atoms with E-state index in [1.165, 1.54) is 25.2 Å². The number of anilines is 1. The molecule has 0 radical (unpaired) electrons. The van der Waals surface area contributed by atoms with Crippen LogP contribution in [0.15, 0.2) is 47.4 Å². The van der Waals surface area contributed by atoms with E-state index in [1.54, 1.807) is 0 Å². The van der Waals surface area contributed by atoms with Crippen LogP contribution in [0.4, 0.5) is 23.2 Å². The first-order valence-corrected chi connectivity index (χ1v) is 10.8. The Balaban J connectivity index is 1.98. The molecule has 6 nitrogen and oxygen atoms in total. The summed E-state index contributed by atoms with van der Waals surface area (Å²) >= 11 is 6.02. The molecule has 2 N–H and O–H groups in total. The SMILES string of the molecule is CN(CCCNC(=O)c1ccc(Cl)c(NS(=O)(=O)c2ccc(F)cc2)c1)CC(F)(F)F. The molecule has 0 aliphatic heterocycles. The number of carbonyl (C=O) groups is 1. The molecule has 0 fully saturated rings. The molecular weight excluding hydrogens is 462 g/mol. The molecular formula is C19H20ClF4N3O3S. The minimum atomic E-state index is -4.29. The largest absolute Gasteiger partial charge is 0.401 e. The highest BCUT2D eigenvalue weighted by molar-refractivity contribution is 7.92. The van der Waals surface area contributed by atoms with E-state index in [0.29, 0.717) is 0 Å². The van der Waals surface area contributed by atoms with Crippen molar-refractivity contribution in [2.45, 2.75) is 17.5 Å². The molecule has 0 saturated carbocycles. The Morgan fingerprint density at radius 3 is 2.39 bits per heavy atom. The molecule has 170 valence electrons. The number of rotatable bonds is 9. The summed E-state index contributed by atoms with van der Waals surface area (Å²) in [5.74, 6) is -1.14. The predicted octanol–water partition coefficient (Wildman–Crippen LogP) is 3.89. The Bertz CT molecular complexity index is 1020. The second-order valence-electron chi connectivity index (χ2n) is 6.72. The number of sulfonamides is 1. The molecule has 31 heavy (non-hydrogen) atoms. The van der Waals surface area contributed by atoms with Gasteiger partial charge in [0.1, 0.15) is 5.82 Å². The van der Waals surface area contributed by atoms with Crippen molar-refractivity contribution in [1.82, 2.24) is 10.2 Å². The molecule has 2 rings (SSSR count). The smallest absolute Gasteiger partial charge is 0.352 e. The highest BCUT2D eigenvalue weighted by atomic mass is 35.5. The first-order valence-electron chi connectivity index (χ1n) is 8.99. The van der Waals surface area contributed by atoms with Crippen molar-refractivity contribution in [3.05, 3.63) is 58.9 Å². The lowest BCUT2D eigenvalue weighted by Crippen LogP contribution is -2.33. The van der Waals surface area contributed by atoms with Crippen molar-refractivity contribution in [3.8, 4) is 0 Å². The minimum absolute atomic E-state index is 0.0380. The molecule has 12 heteroatoms. The lowest BCUT2D eigenvalue weighted by Gasteiger charge is -2.18. The van der Waals surface area contributed by atoms with Crippen LogP contribution in [-0.4, -0.2) is 52.1 Å². The van der Waals surface area contributed by atoms with Crippen LogP contribution in [0, 0.1) is 5.82 Å². The molecule has 0 atom stereocenters. The Morgan fingerprint density at radius 1 is 1.13 bits per heavy atom. The lowest BCUT2D eigenvalue weighted by molar-refractivity contribution is -0.143. The zero-order chi connectivity index (χ0) is 23.2. The van der Waals surface area contributed by atoms with Gasteiger partial charge in [-0.1, -0.05) is 11.6 Å². The number of benzene rings is 2. The van der Waals surface area contributed by atoms with Crippen LogP contribution in [0.5, 0.6) is 0 Å². The number of alkyl halides is 3. The van der Waals surface area contributed by atoms with Crippen LogP contribution in [0.2, 0.25) is 5.02 Å². The van der Waals surface area contributed by atoms with E-state index in [1.807, 2.05) is 0 Å². The van der Waals surface area contributed by atoms with E-state index >= 15 is 0 Å². The van der Waals surface area contributed by atoms with Gasteiger partial charge in [0.25, 0.3) is 15.9 Å². The maximum atomic E-state index is 13.0. The van der Waals surface area contributed by atoms with Crippen LogP contribution < -0.4 is 10.0 Å². The fourth-order valence-corrected chi connectivity index (χ4v) is 3.89. The van der Waals surface area contributed by atoms with Gasteiger partial charge in [-0.25, -0.2) is 12.8 Å². The number of carbonyl (C=O) groups excluding carboxylic acids is 1. The number of amides is 1. The third kappa shape index (κ3) is 8.00. The zero-order valence-electron chi connectivity index (χ0n) is 16.3. The average molecular weight is 482 g/mol. The fourth-order valence-electron chi connectivity index (χ4n) is 2.60. The summed E-state index contributed by atoms with van der Waals surface area (Å²) < 4.78 is 77.0. The van der Waals surface area contributed by atoms with Crippen LogP contribution >= 0.6 is 11.6 Å². The standard InChI is InChI=1S/C19H20ClF4N3O3S/c1-27(12-19(22,23)24)10-2-9-25-18(28)13-3-8-16(20)17(11-13)26-31(29,30)15-6-4-14(21)5-7-15/h3-8,11,26H,2,9-10,12H2,1H3,(H,25,28). The number of nitrogens with zero attached hydrogens (tertiary/aromatic N) is 1. The molecule has 0 aliphatic rings. The highest BCUT2D eigenvalue weighted by Crippen LogP contribution is 2.26. The van der Waals surface area contributed by atoms with Crippen LogP contribution in [-0.2, 0) is 10.0 Å². The quantitative estimate of drug-likeness (QED) is 0.421. The van der Waals surface area contributed by atoms with Gasteiger partial charge in [-0.3, -0.25) is 14.4 Å². The van der Waals surface area contributed by atoms with Crippen molar-refractivity contribution < 1.29 is 30.8 Å². The number of hydrogen-bond acceptors (Lipinski definition) is 4. The van der Waals surface area contributed by atoms with Gasteiger partial charge in [0.05, 0.1) is 22.2 Å². The van der Waals surface area contributed by atoms with Gasteiger partial charge in [0.15, 0.2) is 0 Å². The van der Waals surface area contributed by atoms with E-state index in [-0.39, 0.29) is 40.7 Å². The van der Waals surface area contributed by atoms with Gasteiger partial charge in [0.2, 0.25) is 0 Å². The summed E-state index contributed by atoms with van der Waals surface area (Å²) in [7, 11) is -2.74. The lowest BCUT2D eigenvalue weighted by atomic mass is 10.2. The van der Waals surface area contributed by atoms with Gasteiger partial charge in [0, 0.05) is 12.1 Å². The number of nitrogens with one attached hydrogen (secondary N) is 2. The van der Waals surface area contributed by atoms with Crippen molar-refractivity contribution in [1.29, 1.82) is 0 Å². The normalized spacial score (nSPS) is 12.1. The van der Waals surface area contributed by atoms with Crippen LogP contribution in [0.1, 0.15) is 16.8 Å². The molecule has 0 unspecified atom stereocenters. The van der Waals surface area contributed by atoms with Gasteiger partial charge in [-0.05, 0) is 62.5 Å². The Morgan fingerprint density at radius 2 is 1.77 bits per heavy atom. The molecule has 2 aromatic rings. The predicted molar refractivity (Wildman–Crippen MR) is 109 cm³/mol. The van der Waals surface area contributed by atoms with E-state index in [2.05, 4.69) is 10.0 Å². The van der Waals surface area contributed by atoms with Gasteiger partial charge in [-0.15, -0.1) is 0 Å². The molecule has 0 heterocycles. The molecule has 0 bridgehead atoms. The number of hydrogen-bond donors (Lipinski definition) is 2. The first-order chi connectivity index (χ1) is 14.4. The molecule has 2 aromatic carbocycles. The van der Waals surface area contributed by atoms with Crippen molar-refractivity contribution in [2.24, 2.45) is 0 Å². The maximum absolute atomic E-state index is 13.0. The summed E-state index contributed by atoms with van der Waals surface area (Å²) in [5, 5.41) is 2.59. The van der Waals surface area contributed by atoms with Gasteiger partial charge < -0.3 is 5.32 Å². The number of halogens is 5. The molecule has 0 saturated heterocycles. The highest BCUT2D eigenvalue weighted by Gasteiger charge is 2.28. The first kappa shape index (κ1) is 24.9. The monoisotopic (exact) mass is 481 g/mol. The minimum Gasteiger partial charge on any atom is -0.352 e. The molecule has 0 aliphatic carbocycles. The Labute approximate surface area is 182 Å². The summed E-state index contributed by atoms with van der Waals surface area (Å²) in [4.78, 5) is 13.2. The second kappa shape index (κ2) is 10.3. The van der Waals surface area contributed by atoms with E-state index in [9.17, 15) is 30.8 Å². The maximum Gasteiger partial charge on any atom is 0.401 e. The fraction of sp³-hybridized carbons (Fsp3) is 0.316. The van der Waals surface area contributed by atoms with Crippen molar-refractivity contribution in [2.75, 3.05) is 31.4 Å². The Kier molecular flexibility index (Phi) is 8.27. The average Bonchev–Trinajstić information content (AvgIpc) is 2.65. The van der Waals surface area contributed by atoms with Crippen LogP contribution in [0.3, 0.4) is 0 Å². The van der Waals surface area contributed by atoms with E-state index in [0.717, 1.165) is 29.2 Å². The topological polar surface area (TPSA) is 78.5 Å². The molecule has 0 aromatic heterocycles. The van der Waals surface area contributed by atoms with Crippen molar-refractivity contribution in [3.63, 3.8) is 0 Å². The second-order valence-corrected chi connectivity index (χ2v) is 8.81. The summed E-state index contributed by atoms with van der Waals surface area (Å²) in [6.45, 7) is -0.793. The van der Waals surface area contributed by atoms with Gasteiger partial charge >= 0.3 is 6.18 Å². The molecule has 0 spiro atoms. The Hall–Kier alpha value is -2.37. The van der Waals surface area contributed by atoms with E-state index < -0.39 is 34.5 Å². The zero-order valence-corrected chi connectivity index (χ0v) is 17.9. The van der Waals surface area contributed by atoms with E-state index in [4.69, 9.17) is 11.6 Å². The van der Waals surface area contributed by atoms with Crippen molar-refractivity contribution >= 4 is 33.2 Å². The third-order valence-electron chi connectivity index (χ3n) is 4.05. The summed E-state index contributed by atoms with van der Waals surface area (Å²) in [5.41, 5.74) is 0.0494. The molecule has 1 amide bonds. The third-order valence-corrected chi connectivity index (χ3v) is 5.76. The van der Waals surface area contributed by atoms with Gasteiger partial charge in [-0.2, -0.15) is 13.2 Å².